The van der Waals surface area contributed by atoms with Crippen molar-refractivity contribution in [3.8, 4) is 0 Å². The van der Waals surface area contributed by atoms with E-state index in [1.54, 1.807) is 32.0 Å². The lowest BCUT2D eigenvalue weighted by atomic mass is 9.98. The van der Waals surface area contributed by atoms with Crippen LogP contribution in [0, 0.1) is 13.8 Å². The van der Waals surface area contributed by atoms with Gasteiger partial charge in [-0.25, -0.2) is 8.42 Å². The molecular formula is C15H23NO4S. The van der Waals surface area contributed by atoms with Gasteiger partial charge in [-0.05, 0) is 38.8 Å². The second kappa shape index (κ2) is 6.58. The van der Waals surface area contributed by atoms with Gasteiger partial charge in [-0.3, -0.25) is 4.79 Å². The van der Waals surface area contributed by atoms with Crippen LogP contribution in [-0.2, 0) is 19.6 Å². The van der Waals surface area contributed by atoms with E-state index in [2.05, 4.69) is 4.72 Å². The summed E-state index contributed by atoms with van der Waals surface area (Å²) in [6.45, 7) is 7.05. The fraction of sp³-hybridized carbons (Fsp3) is 0.533. The molecule has 6 heteroatoms. The van der Waals surface area contributed by atoms with Crippen molar-refractivity contribution in [1.29, 1.82) is 0 Å². The molecule has 0 saturated carbocycles. The number of methoxy groups -OCH3 is 1. The Morgan fingerprint density at radius 2 is 1.95 bits per heavy atom. The van der Waals surface area contributed by atoms with E-state index in [0.717, 1.165) is 5.56 Å². The predicted molar refractivity (Wildman–Crippen MR) is 81.6 cm³/mol. The molecule has 21 heavy (non-hydrogen) atoms. The molecule has 1 aromatic carbocycles. The Kier molecular flexibility index (Phi) is 5.53. The van der Waals surface area contributed by atoms with Gasteiger partial charge in [0.15, 0.2) is 0 Å². The molecule has 0 bridgehead atoms. The van der Waals surface area contributed by atoms with Crippen molar-refractivity contribution in [2.45, 2.75) is 51.0 Å². The summed E-state index contributed by atoms with van der Waals surface area (Å²) in [6, 6.07) is 5.08. The number of carbonyl (C=O) groups is 1. The molecule has 0 aliphatic carbocycles. The van der Waals surface area contributed by atoms with Crippen LogP contribution in [0.15, 0.2) is 23.1 Å². The van der Waals surface area contributed by atoms with Crippen LogP contribution >= 0.6 is 0 Å². The summed E-state index contributed by atoms with van der Waals surface area (Å²) in [6.07, 6.45) is 1.02. The van der Waals surface area contributed by atoms with Crippen molar-refractivity contribution < 1.29 is 17.9 Å². The molecule has 0 aromatic heterocycles. The van der Waals surface area contributed by atoms with Crippen LogP contribution in [0.25, 0.3) is 0 Å². The SMILES string of the molecule is CCCC(C)(NS(=O)(=O)c1ccc(C)cc1C)C(=O)OC. The maximum atomic E-state index is 12.6. The zero-order valence-electron chi connectivity index (χ0n) is 13.2. The Labute approximate surface area is 126 Å². The molecule has 0 saturated heterocycles. The van der Waals surface area contributed by atoms with E-state index >= 15 is 0 Å². The number of aryl methyl sites for hydroxylation is 2. The van der Waals surface area contributed by atoms with Crippen LogP contribution in [-0.4, -0.2) is 27.0 Å². The maximum absolute atomic E-state index is 12.6. The van der Waals surface area contributed by atoms with E-state index in [1.165, 1.54) is 7.11 Å². The van der Waals surface area contributed by atoms with Gasteiger partial charge >= 0.3 is 5.97 Å². The third-order valence-corrected chi connectivity index (χ3v) is 5.12. The standard InChI is InChI=1S/C15H23NO4S/c1-6-9-15(4,14(17)20-5)16-21(18,19)13-8-7-11(2)10-12(13)3/h7-8,10,16H,6,9H2,1-5H3. The van der Waals surface area contributed by atoms with Gasteiger partial charge in [-0.15, -0.1) is 0 Å². The Morgan fingerprint density at radius 1 is 1.33 bits per heavy atom. The predicted octanol–water partition coefficient (Wildman–Crippen LogP) is 2.31. The van der Waals surface area contributed by atoms with Crippen LogP contribution < -0.4 is 4.72 Å². The number of hydrogen-bond donors (Lipinski definition) is 1. The lowest BCUT2D eigenvalue weighted by Gasteiger charge is -2.27. The smallest absolute Gasteiger partial charge is 0.326 e. The number of ether oxygens (including phenoxy) is 1. The summed E-state index contributed by atoms with van der Waals surface area (Å²) in [5.41, 5.74) is 0.363. The summed E-state index contributed by atoms with van der Waals surface area (Å²) >= 11 is 0. The minimum Gasteiger partial charge on any atom is -0.468 e. The van der Waals surface area contributed by atoms with Crippen molar-refractivity contribution in [1.82, 2.24) is 4.72 Å². The molecule has 0 spiro atoms. The average molecular weight is 313 g/mol. The Morgan fingerprint density at radius 3 is 2.43 bits per heavy atom. The van der Waals surface area contributed by atoms with Gasteiger partial charge in [-0.2, -0.15) is 4.72 Å². The number of carbonyl (C=O) groups excluding carboxylic acids is 1. The molecule has 1 rings (SSSR count). The van der Waals surface area contributed by atoms with E-state index < -0.39 is 21.5 Å². The largest absolute Gasteiger partial charge is 0.468 e. The van der Waals surface area contributed by atoms with Crippen LogP contribution in [0.1, 0.15) is 37.8 Å². The van der Waals surface area contributed by atoms with Crippen molar-refractivity contribution in [3.63, 3.8) is 0 Å². The average Bonchev–Trinajstić information content (AvgIpc) is 2.36. The highest BCUT2D eigenvalue weighted by Gasteiger charge is 2.38. The number of nitrogens with one attached hydrogen (secondary N) is 1. The molecule has 5 nitrogen and oxygen atoms in total. The zero-order valence-corrected chi connectivity index (χ0v) is 14.0. The third-order valence-electron chi connectivity index (χ3n) is 3.37. The molecular weight excluding hydrogens is 290 g/mol. The van der Waals surface area contributed by atoms with E-state index in [-0.39, 0.29) is 4.90 Å². The highest BCUT2D eigenvalue weighted by molar-refractivity contribution is 7.89. The van der Waals surface area contributed by atoms with Gasteiger partial charge in [0.2, 0.25) is 10.0 Å². The van der Waals surface area contributed by atoms with Crippen molar-refractivity contribution in [2.24, 2.45) is 0 Å². The second-order valence-electron chi connectivity index (χ2n) is 5.45. The summed E-state index contributed by atoms with van der Waals surface area (Å²) in [5.74, 6) is -0.585. The molecule has 0 amide bonds. The monoisotopic (exact) mass is 313 g/mol. The van der Waals surface area contributed by atoms with Crippen LogP contribution in [0.3, 0.4) is 0 Å². The molecule has 118 valence electrons. The van der Waals surface area contributed by atoms with E-state index in [4.69, 9.17) is 4.74 Å². The lowest BCUT2D eigenvalue weighted by Crippen LogP contribution is -2.52. The van der Waals surface area contributed by atoms with E-state index in [1.807, 2.05) is 13.8 Å². The van der Waals surface area contributed by atoms with Gasteiger partial charge in [-0.1, -0.05) is 31.0 Å². The molecule has 0 heterocycles. The first kappa shape index (κ1) is 17.7. The van der Waals surface area contributed by atoms with E-state index in [9.17, 15) is 13.2 Å². The quantitative estimate of drug-likeness (QED) is 0.818. The van der Waals surface area contributed by atoms with Crippen LogP contribution in [0.4, 0.5) is 0 Å². The van der Waals surface area contributed by atoms with Crippen molar-refractivity contribution in [3.05, 3.63) is 29.3 Å². The molecule has 0 aliphatic rings. The summed E-state index contributed by atoms with van der Waals surface area (Å²) < 4.78 is 32.3. The lowest BCUT2D eigenvalue weighted by molar-refractivity contribution is -0.147. The normalized spacial score (nSPS) is 14.5. The fourth-order valence-corrected chi connectivity index (χ4v) is 3.99. The minimum atomic E-state index is -3.79. The Bertz CT molecular complexity index is 625. The highest BCUT2D eigenvalue weighted by Crippen LogP contribution is 2.22. The fourth-order valence-electron chi connectivity index (χ4n) is 2.37. The molecule has 0 aliphatic heterocycles. The first-order valence-corrected chi connectivity index (χ1v) is 8.34. The van der Waals surface area contributed by atoms with Crippen LogP contribution in [0.5, 0.6) is 0 Å². The van der Waals surface area contributed by atoms with E-state index in [0.29, 0.717) is 18.4 Å². The van der Waals surface area contributed by atoms with Gasteiger partial charge < -0.3 is 4.74 Å². The molecule has 0 radical (unpaired) electrons. The molecule has 1 unspecified atom stereocenters. The minimum absolute atomic E-state index is 0.180. The van der Waals surface area contributed by atoms with Gasteiger partial charge in [0.25, 0.3) is 0 Å². The number of sulfonamides is 1. The van der Waals surface area contributed by atoms with Gasteiger partial charge in [0.05, 0.1) is 12.0 Å². The first-order valence-electron chi connectivity index (χ1n) is 6.86. The Balaban J connectivity index is 3.21. The van der Waals surface area contributed by atoms with Crippen molar-refractivity contribution in [2.75, 3.05) is 7.11 Å². The Hall–Kier alpha value is -1.40. The van der Waals surface area contributed by atoms with Crippen molar-refractivity contribution >= 4 is 16.0 Å². The summed E-state index contributed by atoms with van der Waals surface area (Å²) in [5, 5.41) is 0. The maximum Gasteiger partial charge on any atom is 0.326 e. The first-order chi connectivity index (χ1) is 9.66. The highest BCUT2D eigenvalue weighted by atomic mass is 32.2. The van der Waals surface area contributed by atoms with Gasteiger partial charge in [0.1, 0.15) is 5.54 Å². The molecule has 1 N–H and O–H groups in total. The second-order valence-corrected chi connectivity index (χ2v) is 7.10. The van der Waals surface area contributed by atoms with Gasteiger partial charge in [0, 0.05) is 0 Å². The number of benzene rings is 1. The number of hydrogen-bond acceptors (Lipinski definition) is 4. The zero-order chi connectivity index (χ0) is 16.3. The molecule has 1 atom stereocenters. The molecule has 0 fully saturated rings. The topological polar surface area (TPSA) is 72.5 Å². The van der Waals surface area contributed by atoms with Crippen LogP contribution in [0.2, 0.25) is 0 Å². The molecule has 1 aromatic rings. The third kappa shape index (κ3) is 4.04. The number of rotatable bonds is 6. The summed E-state index contributed by atoms with van der Waals surface area (Å²) in [4.78, 5) is 12.1. The number of esters is 1. The summed E-state index contributed by atoms with van der Waals surface area (Å²) in [7, 11) is -2.54.